The minimum atomic E-state index is -6.07. The first kappa shape index (κ1) is 47.3. The van der Waals surface area contributed by atoms with Crippen molar-refractivity contribution in [3.8, 4) is 11.1 Å². The van der Waals surface area contributed by atoms with Crippen molar-refractivity contribution < 1.29 is 44.6 Å². The number of amides is 1. The van der Waals surface area contributed by atoms with Gasteiger partial charge in [-0.3, -0.25) is 9.69 Å². The van der Waals surface area contributed by atoms with Crippen LogP contribution < -0.4 is 14.9 Å². The van der Waals surface area contributed by atoms with E-state index in [2.05, 4.69) is 15.1 Å². The lowest BCUT2D eigenvalue weighted by atomic mass is 9.84. The predicted octanol–water partition coefficient (Wildman–Crippen LogP) is 8.66. The number of sulfone groups is 1. The first-order chi connectivity index (χ1) is 30.6. The molecule has 0 bridgehead atoms. The minimum Gasteiger partial charge on any atom is -0.388 e. The Hall–Kier alpha value is -4.62. The number of alkyl halides is 3. The number of anilines is 2. The molecule has 0 radical (unpaired) electrons. The first-order valence-electron chi connectivity index (χ1n) is 20.7. The quantitative estimate of drug-likeness (QED) is 0.0818. The number of morpholine rings is 1. The number of sulfonamides is 1. The number of thioether (sulfide) groups is 1. The maximum atomic E-state index is 14.2. The zero-order valence-electron chi connectivity index (χ0n) is 34.6. The van der Waals surface area contributed by atoms with Crippen LogP contribution >= 0.6 is 23.4 Å². The Bertz CT molecular complexity index is 2590. The number of halogens is 4. The van der Waals surface area contributed by atoms with Gasteiger partial charge >= 0.3 is 5.51 Å². The number of piperidine rings is 1. The smallest absolute Gasteiger partial charge is 0.388 e. The number of hydrogen-bond donors (Lipinski definition) is 3. The molecule has 2 saturated heterocycles. The van der Waals surface area contributed by atoms with E-state index in [0.29, 0.717) is 82.0 Å². The third kappa shape index (κ3) is 11.6. The largest absolute Gasteiger partial charge is 0.501 e. The van der Waals surface area contributed by atoms with Crippen molar-refractivity contribution in [1.82, 2.24) is 9.62 Å². The highest BCUT2D eigenvalue weighted by Crippen LogP contribution is 2.39. The van der Waals surface area contributed by atoms with Gasteiger partial charge in [0.05, 0.1) is 29.9 Å². The second-order valence-corrected chi connectivity index (χ2v) is 20.8. The van der Waals surface area contributed by atoms with Crippen LogP contribution in [-0.2, 0) is 24.6 Å². The van der Waals surface area contributed by atoms with E-state index in [-0.39, 0.29) is 11.5 Å². The maximum absolute atomic E-state index is 14.2. The Labute approximate surface area is 380 Å². The number of hydrogen-bond acceptors (Lipinski definition) is 11. The summed E-state index contributed by atoms with van der Waals surface area (Å²) < 4.78 is 103. The fraction of sp³-hybridized carbons (Fsp3) is 0.326. The van der Waals surface area contributed by atoms with Gasteiger partial charge in [0.15, 0.2) is 0 Å². The number of rotatable bonds is 16. The summed E-state index contributed by atoms with van der Waals surface area (Å²) in [6.45, 7) is 4.20. The number of carbonyl (C=O) groups excluding carboxylic acids is 1. The normalized spacial score (nSPS) is 16.5. The van der Waals surface area contributed by atoms with Crippen molar-refractivity contribution in [3.05, 3.63) is 137 Å². The van der Waals surface area contributed by atoms with E-state index >= 15 is 0 Å². The van der Waals surface area contributed by atoms with E-state index in [0.717, 1.165) is 39.4 Å². The zero-order valence-corrected chi connectivity index (χ0v) is 37.8. The number of aliphatic hydroxyl groups is 1. The molecular weight excluding hydrogens is 909 g/mol. The predicted molar refractivity (Wildman–Crippen MR) is 244 cm³/mol. The second-order valence-electron chi connectivity index (χ2n) is 15.7. The van der Waals surface area contributed by atoms with Gasteiger partial charge in [0.1, 0.15) is 4.90 Å². The summed E-state index contributed by atoms with van der Waals surface area (Å²) in [5.41, 5.74) is -2.73. The van der Waals surface area contributed by atoms with Crippen LogP contribution in [0.5, 0.6) is 0 Å². The van der Waals surface area contributed by atoms with Crippen LogP contribution in [0.4, 0.5) is 24.5 Å². The van der Waals surface area contributed by atoms with Crippen molar-refractivity contribution in [1.29, 1.82) is 0 Å². The molecule has 18 heteroatoms. The summed E-state index contributed by atoms with van der Waals surface area (Å²) in [7, 11) is -10.9. The molecule has 1 amide bonds. The van der Waals surface area contributed by atoms with Crippen LogP contribution in [0.15, 0.2) is 136 Å². The van der Waals surface area contributed by atoms with Gasteiger partial charge < -0.3 is 20.1 Å². The van der Waals surface area contributed by atoms with Gasteiger partial charge in [-0.1, -0.05) is 66.2 Å². The molecular formula is C46H48ClF3N4O7S3. The molecule has 0 saturated carbocycles. The van der Waals surface area contributed by atoms with E-state index in [1.54, 1.807) is 12.1 Å². The highest BCUT2D eigenvalue weighted by atomic mass is 35.5. The third-order valence-corrected chi connectivity index (χ3v) is 15.7. The molecule has 2 aliphatic rings. The molecule has 0 aliphatic carbocycles. The molecule has 5 aromatic rings. The zero-order chi connectivity index (χ0) is 45.5. The average Bonchev–Trinajstić information content (AvgIpc) is 3.30. The lowest BCUT2D eigenvalue weighted by molar-refractivity contribution is -0.0435. The summed E-state index contributed by atoms with van der Waals surface area (Å²) >= 11 is 7.54. The number of benzene rings is 5. The molecule has 0 spiro atoms. The number of ether oxygens (including phenoxy) is 1. The van der Waals surface area contributed by atoms with Gasteiger partial charge in [-0.15, -0.1) is 11.8 Å². The van der Waals surface area contributed by atoms with Crippen molar-refractivity contribution in [2.24, 2.45) is 5.92 Å². The Morgan fingerprint density at radius 2 is 1.50 bits per heavy atom. The van der Waals surface area contributed by atoms with E-state index in [9.17, 15) is 39.9 Å². The van der Waals surface area contributed by atoms with Gasteiger partial charge in [-0.05, 0) is 109 Å². The number of aliphatic hydroxyl groups excluding tert-OH is 1. The molecule has 2 aliphatic heterocycles. The summed E-state index contributed by atoms with van der Waals surface area (Å²) in [5.74, 6) is -0.718. The standard InChI is InChI=1S/C46H48ClF3N4O7S3/c47-35-14-10-32(11-15-35)40-8-4-5-9-41(40)44(55)33-20-24-54(25-21-33)37-16-12-34(13-17-37)45(56)52-64(59,60)39-18-19-42(43(30-39)63(57,58)46(48,49)50)51-36(22-23-53-26-28-61-29-27-53)31-62-38-6-2-1-3-7-38/h1-19,30,33,36,44,51,55H,20-29,31H2,(H,52,56)/t36-,44-/m0/s1. The van der Waals surface area contributed by atoms with Crippen LogP contribution in [0.25, 0.3) is 11.1 Å². The molecule has 0 unspecified atom stereocenters. The SMILES string of the molecule is O=C(NS(=O)(=O)c1ccc(N[C@@H](CCN2CCOCC2)CSc2ccccc2)c(S(=O)(=O)C(F)(F)F)c1)c1ccc(N2CCC([C@H](O)c3ccccc3-c3ccc(Cl)cc3)CC2)cc1. The average molecular weight is 958 g/mol. The van der Waals surface area contributed by atoms with Gasteiger partial charge in [0.25, 0.3) is 25.8 Å². The van der Waals surface area contributed by atoms with Crippen LogP contribution in [0.1, 0.15) is 41.3 Å². The summed E-state index contributed by atoms with van der Waals surface area (Å²) in [4.78, 5) is 16.3. The fourth-order valence-electron chi connectivity index (χ4n) is 7.87. The highest BCUT2D eigenvalue weighted by Gasteiger charge is 2.48. The summed E-state index contributed by atoms with van der Waals surface area (Å²) in [5, 5.41) is 15.1. The van der Waals surface area contributed by atoms with E-state index in [1.807, 2.05) is 83.6 Å². The van der Waals surface area contributed by atoms with Crippen LogP contribution in [0.3, 0.4) is 0 Å². The second kappa shape index (κ2) is 20.7. The Kier molecular flexibility index (Phi) is 15.3. The monoisotopic (exact) mass is 956 g/mol. The molecule has 5 aromatic carbocycles. The van der Waals surface area contributed by atoms with E-state index in [1.165, 1.54) is 23.9 Å². The van der Waals surface area contributed by atoms with Gasteiger partial charge in [0, 0.05) is 65.7 Å². The highest BCUT2D eigenvalue weighted by molar-refractivity contribution is 7.99. The number of carbonyl (C=O) groups is 1. The Morgan fingerprint density at radius 1 is 0.844 bits per heavy atom. The van der Waals surface area contributed by atoms with Gasteiger partial charge in [-0.25, -0.2) is 21.6 Å². The molecule has 2 heterocycles. The summed E-state index contributed by atoms with van der Waals surface area (Å²) in [6, 6.07) is 32.6. The number of nitrogens with one attached hydrogen (secondary N) is 2. The van der Waals surface area contributed by atoms with Crippen LogP contribution in [-0.4, -0.2) is 96.0 Å². The number of nitrogens with zero attached hydrogens (tertiary/aromatic N) is 2. The lowest BCUT2D eigenvalue weighted by Crippen LogP contribution is -2.39. The van der Waals surface area contributed by atoms with E-state index in [4.69, 9.17) is 16.3 Å². The summed E-state index contributed by atoms with van der Waals surface area (Å²) in [6.07, 6.45) is 1.09. The molecule has 3 N–H and O–H groups in total. The molecule has 2 fully saturated rings. The van der Waals surface area contributed by atoms with Gasteiger partial charge in [-0.2, -0.15) is 13.2 Å². The van der Waals surface area contributed by atoms with Crippen LogP contribution in [0, 0.1) is 5.92 Å². The minimum absolute atomic E-state index is 0.0168. The first-order valence-corrected chi connectivity index (χ1v) is 25.1. The van der Waals surface area contributed by atoms with E-state index < -0.39 is 58.9 Å². The molecule has 64 heavy (non-hydrogen) atoms. The van der Waals surface area contributed by atoms with Crippen molar-refractivity contribution in [2.45, 2.75) is 51.6 Å². The molecule has 7 rings (SSSR count). The van der Waals surface area contributed by atoms with Crippen molar-refractivity contribution in [3.63, 3.8) is 0 Å². The Balaban J connectivity index is 1.02. The van der Waals surface area contributed by atoms with Crippen molar-refractivity contribution >= 4 is 60.5 Å². The Morgan fingerprint density at radius 3 is 2.17 bits per heavy atom. The maximum Gasteiger partial charge on any atom is 0.501 e. The molecule has 0 aromatic heterocycles. The topological polar surface area (TPSA) is 145 Å². The molecule has 11 nitrogen and oxygen atoms in total. The van der Waals surface area contributed by atoms with Crippen LogP contribution in [0.2, 0.25) is 5.02 Å². The fourth-order valence-corrected chi connectivity index (χ4v) is 11.0. The van der Waals surface area contributed by atoms with Gasteiger partial charge in [0.2, 0.25) is 0 Å². The third-order valence-electron chi connectivity index (χ3n) is 11.5. The lowest BCUT2D eigenvalue weighted by Gasteiger charge is -2.36. The van der Waals surface area contributed by atoms with Crippen molar-refractivity contribution in [2.75, 3.05) is 61.9 Å². The molecule has 2 atom stereocenters. The molecule has 340 valence electrons.